The van der Waals surface area contributed by atoms with E-state index in [0.717, 1.165) is 19.3 Å². The summed E-state index contributed by atoms with van der Waals surface area (Å²) in [5.41, 5.74) is 1.37. The number of anilines is 1. The van der Waals surface area contributed by atoms with Crippen LogP contribution in [0.4, 0.5) is 10.1 Å². The Bertz CT molecular complexity index is 969. The molecule has 0 radical (unpaired) electrons. The number of carbonyl (C=O) groups excluding carboxylic acids is 4. The van der Waals surface area contributed by atoms with E-state index in [1.54, 1.807) is 6.07 Å². The molecule has 5 rings (SSSR count). The maximum Gasteiger partial charge on any atom is 0.255 e. The summed E-state index contributed by atoms with van der Waals surface area (Å²) in [6.07, 6.45) is 3.51. The van der Waals surface area contributed by atoms with Gasteiger partial charge in [-0.25, -0.2) is 4.39 Å². The Morgan fingerprint density at radius 2 is 1.77 bits per heavy atom. The number of halogens is 1. The lowest BCUT2D eigenvalue weighted by molar-refractivity contribution is -0.139. The first-order valence-corrected chi connectivity index (χ1v) is 10.9. The molecule has 3 aliphatic heterocycles. The van der Waals surface area contributed by atoms with Crippen LogP contribution >= 0.6 is 0 Å². The van der Waals surface area contributed by atoms with Crippen LogP contribution in [0.15, 0.2) is 12.1 Å². The molecule has 1 aliphatic carbocycles. The van der Waals surface area contributed by atoms with Gasteiger partial charge in [0.25, 0.3) is 5.91 Å². The van der Waals surface area contributed by atoms with Crippen LogP contribution in [-0.4, -0.2) is 65.6 Å². The number of hydrogen-bond acceptors (Lipinski definition) is 5. The Morgan fingerprint density at radius 3 is 2.42 bits per heavy atom. The number of hydrogen-bond donors (Lipinski definition) is 1. The van der Waals surface area contributed by atoms with Gasteiger partial charge in [-0.15, -0.1) is 0 Å². The van der Waals surface area contributed by atoms with Gasteiger partial charge in [0, 0.05) is 50.6 Å². The third kappa shape index (κ3) is 3.45. The number of piperazine rings is 1. The first-order valence-electron chi connectivity index (χ1n) is 10.9. The summed E-state index contributed by atoms with van der Waals surface area (Å²) in [6, 6.07) is 2.23. The van der Waals surface area contributed by atoms with Gasteiger partial charge in [0.15, 0.2) is 0 Å². The number of benzene rings is 1. The van der Waals surface area contributed by atoms with E-state index in [2.05, 4.69) is 5.32 Å². The van der Waals surface area contributed by atoms with Gasteiger partial charge in [0.05, 0.1) is 5.69 Å². The molecule has 1 unspecified atom stereocenters. The molecule has 1 aromatic rings. The first-order chi connectivity index (χ1) is 14.9. The lowest BCUT2D eigenvalue weighted by Crippen LogP contribution is -2.52. The van der Waals surface area contributed by atoms with Crippen molar-refractivity contribution in [3.05, 3.63) is 29.1 Å². The average molecular weight is 428 g/mol. The minimum atomic E-state index is -0.717. The Morgan fingerprint density at radius 1 is 1.03 bits per heavy atom. The zero-order valence-corrected chi connectivity index (χ0v) is 17.2. The fourth-order valence-electron chi connectivity index (χ4n) is 4.90. The number of imide groups is 1. The van der Waals surface area contributed by atoms with Crippen LogP contribution in [0.2, 0.25) is 0 Å². The van der Waals surface area contributed by atoms with Crippen molar-refractivity contribution >= 4 is 29.3 Å². The minimum Gasteiger partial charge on any atom is -0.366 e. The molecule has 1 aromatic carbocycles. The molecule has 1 atom stereocenters. The highest BCUT2D eigenvalue weighted by Gasteiger charge is 2.40. The fourth-order valence-corrected chi connectivity index (χ4v) is 4.90. The van der Waals surface area contributed by atoms with Crippen molar-refractivity contribution in [3.63, 3.8) is 0 Å². The van der Waals surface area contributed by atoms with Crippen LogP contribution in [-0.2, 0) is 20.9 Å². The number of nitrogens with one attached hydrogen (secondary N) is 1. The first kappa shape index (κ1) is 20.0. The molecule has 8 nitrogen and oxygen atoms in total. The molecule has 1 N–H and O–H groups in total. The predicted octanol–water partition coefficient (Wildman–Crippen LogP) is 1.04. The second-order valence-electron chi connectivity index (χ2n) is 8.80. The number of nitrogens with zero attached hydrogens (tertiary/aromatic N) is 3. The van der Waals surface area contributed by atoms with Crippen molar-refractivity contribution in [2.45, 2.75) is 44.7 Å². The molecule has 9 heteroatoms. The summed E-state index contributed by atoms with van der Waals surface area (Å²) >= 11 is 0. The molecule has 0 aromatic heterocycles. The van der Waals surface area contributed by atoms with E-state index in [-0.39, 0.29) is 48.6 Å². The van der Waals surface area contributed by atoms with Crippen LogP contribution in [0, 0.1) is 11.7 Å². The molecule has 31 heavy (non-hydrogen) atoms. The Labute approximate surface area is 179 Å². The molecular weight excluding hydrogens is 403 g/mol. The molecule has 4 amide bonds. The normalized spacial score (nSPS) is 24.2. The van der Waals surface area contributed by atoms with Crippen molar-refractivity contribution in [1.82, 2.24) is 15.1 Å². The van der Waals surface area contributed by atoms with Crippen molar-refractivity contribution in [1.29, 1.82) is 0 Å². The van der Waals surface area contributed by atoms with Gasteiger partial charge in [-0.05, 0) is 37.0 Å². The lowest BCUT2D eigenvalue weighted by Gasteiger charge is -2.39. The summed E-state index contributed by atoms with van der Waals surface area (Å²) in [7, 11) is 0. The van der Waals surface area contributed by atoms with Gasteiger partial charge < -0.3 is 14.7 Å². The molecule has 4 aliphatic rings. The Balaban J connectivity index is 1.29. The molecule has 1 saturated carbocycles. The summed E-state index contributed by atoms with van der Waals surface area (Å²) < 4.78 is 14.9. The van der Waals surface area contributed by atoms with E-state index in [1.165, 1.54) is 11.0 Å². The second kappa shape index (κ2) is 7.62. The maximum atomic E-state index is 14.9. The highest BCUT2D eigenvalue weighted by molar-refractivity contribution is 6.05. The molecule has 3 fully saturated rings. The van der Waals surface area contributed by atoms with Crippen LogP contribution < -0.4 is 10.2 Å². The monoisotopic (exact) mass is 428 g/mol. The van der Waals surface area contributed by atoms with Crippen LogP contribution in [0.5, 0.6) is 0 Å². The van der Waals surface area contributed by atoms with E-state index < -0.39 is 17.8 Å². The largest absolute Gasteiger partial charge is 0.366 e. The number of rotatable bonds is 3. The quantitative estimate of drug-likeness (QED) is 0.727. The highest BCUT2D eigenvalue weighted by Crippen LogP contribution is 2.33. The molecule has 3 heterocycles. The zero-order valence-electron chi connectivity index (χ0n) is 17.2. The molecule has 0 spiro atoms. The van der Waals surface area contributed by atoms with Crippen LogP contribution in [0.1, 0.15) is 48.0 Å². The predicted molar refractivity (Wildman–Crippen MR) is 109 cm³/mol. The molecular formula is C22H25FN4O4. The van der Waals surface area contributed by atoms with Crippen molar-refractivity contribution in [3.8, 4) is 0 Å². The van der Waals surface area contributed by atoms with Gasteiger partial charge in [-0.3, -0.25) is 24.5 Å². The fraction of sp³-hybridized carbons (Fsp3) is 0.545. The van der Waals surface area contributed by atoms with Crippen molar-refractivity contribution in [2.24, 2.45) is 5.92 Å². The topological polar surface area (TPSA) is 90.0 Å². The standard InChI is InChI=1S/C22H25FN4O4/c23-16-11-15-14(12-27(22(15)31)17-4-5-19(28)24-20(17)29)10-18(16)25-6-8-26(9-7-25)21(30)13-2-1-3-13/h10-11,13,17H,1-9,12H2,(H,24,28,29). The molecule has 2 saturated heterocycles. The number of fused-ring (bicyclic) bond motifs is 1. The maximum absolute atomic E-state index is 14.9. The van der Waals surface area contributed by atoms with Crippen LogP contribution in [0.25, 0.3) is 0 Å². The van der Waals surface area contributed by atoms with Crippen LogP contribution in [0.3, 0.4) is 0 Å². The number of amides is 4. The molecule has 0 bridgehead atoms. The summed E-state index contributed by atoms with van der Waals surface area (Å²) in [5, 5.41) is 2.27. The smallest absolute Gasteiger partial charge is 0.255 e. The highest BCUT2D eigenvalue weighted by atomic mass is 19.1. The Hall–Kier alpha value is -2.97. The van der Waals surface area contributed by atoms with Gasteiger partial charge >= 0.3 is 0 Å². The van der Waals surface area contributed by atoms with E-state index in [1.807, 2.05) is 9.80 Å². The van der Waals surface area contributed by atoms with E-state index in [4.69, 9.17) is 0 Å². The van der Waals surface area contributed by atoms with E-state index >= 15 is 0 Å². The summed E-state index contributed by atoms with van der Waals surface area (Å²) in [6.45, 7) is 2.42. The SMILES string of the molecule is O=C1CCC(N2Cc3cc(N4CCN(C(=O)C5CCC5)CC4)c(F)cc3C2=O)C(=O)N1. The third-order valence-electron chi connectivity index (χ3n) is 6.98. The van der Waals surface area contributed by atoms with Gasteiger partial charge in [-0.2, -0.15) is 0 Å². The van der Waals surface area contributed by atoms with Gasteiger partial charge in [-0.1, -0.05) is 6.42 Å². The van der Waals surface area contributed by atoms with Crippen molar-refractivity contribution in [2.75, 3.05) is 31.1 Å². The van der Waals surface area contributed by atoms with E-state index in [0.29, 0.717) is 37.4 Å². The number of carbonyl (C=O) groups is 4. The van der Waals surface area contributed by atoms with E-state index in [9.17, 15) is 23.6 Å². The van der Waals surface area contributed by atoms with Gasteiger partial charge in [0.2, 0.25) is 17.7 Å². The minimum absolute atomic E-state index is 0.160. The molecule has 164 valence electrons. The lowest BCUT2D eigenvalue weighted by atomic mass is 9.84. The average Bonchev–Trinajstić information content (AvgIpc) is 3.02. The summed E-state index contributed by atoms with van der Waals surface area (Å²) in [5.74, 6) is -1.31. The zero-order chi connectivity index (χ0) is 21.7. The van der Waals surface area contributed by atoms with Crippen molar-refractivity contribution < 1.29 is 23.6 Å². The third-order valence-corrected chi connectivity index (χ3v) is 6.98. The Kier molecular flexibility index (Phi) is 4.91. The van der Waals surface area contributed by atoms with Gasteiger partial charge in [0.1, 0.15) is 11.9 Å². The summed E-state index contributed by atoms with van der Waals surface area (Å²) in [4.78, 5) is 54.1. The number of piperidine rings is 1. The second-order valence-corrected chi connectivity index (χ2v) is 8.80.